The Labute approximate surface area is 143 Å². The average molecular weight is 330 g/mol. The number of nitrogen functional groups attached to an aromatic ring is 1. The monoisotopic (exact) mass is 330 g/mol. The molecule has 2 N–H and O–H groups in total. The van der Waals surface area contributed by atoms with E-state index in [9.17, 15) is 0 Å². The van der Waals surface area contributed by atoms with E-state index < -0.39 is 0 Å². The number of likely N-dealkylation sites (N-methyl/N-ethyl adjacent to an activating group) is 1. The standard InChI is InChI=1S/C17H26N6O/c1-12-7-6-8-14(11-12)24-10-9-23(5)13(2)15-19-16(18)21-17(20-15)22(3)4/h6-8,11,13H,9-10H2,1-5H3,(H2,18,19,20,21)/t13-/m1/s1. The van der Waals surface area contributed by atoms with Crippen LogP contribution in [0.2, 0.25) is 0 Å². The fourth-order valence-corrected chi connectivity index (χ4v) is 2.19. The predicted molar refractivity (Wildman–Crippen MR) is 96.3 cm³/mol. The Balaban J connectivity index is 1.95. The summed E-state index contributed by atoms with van der Waals surface area (Å²) < 4.78 is 5.80. The number of aromatic nitrogens is 3. The molecule has 2 aromatic rings. The van der Waals surface area contributed by atoms with Crippen molar-refractivity contribution in [1.29, 1.82) is 0 Å². The zero-order chi connectivity index (χ0) is 17.7. The van der Waals surface area contributed by atoms with E-state index in [1.54, 1.807) is 0 Å². The van der Waals surface area contributed by atoms with Gasteiger partial charge in [-0.2, -0.15) is 15.0 Å². The molecule has 130 valence electrons. The van der Waals surface area contributed by atoms with Gasteiger partial charge in [-0.25, -0.2) is 0 Å². The van der Waals surface area contributed by atoms with Gasteiger partial charge >= 0.3 is 0 Å². The summed E-state index contributed by atoms with van der Waals surface area (Å²) in [5.74, 6) is 2.34. The number of hydrogen-bond donors (Lipinski definition) is 1. The number of aryl methyl sites for hydroxylation is 1. The Morgan fingerprint density at radius 2 is 1.92 bits per heavy atom. The Bertz CT molecular complexity index is 676. The molecule has 7 nitrogen and oxygen atoms in total. The van der Waals surface area contributed by atoms with Crippen LogP contribution in [0, 0.1) is 6.92 Å². The van der Waals surface area contributed by atoms with E-state index in [1.807, 2.05) is 51.2 Å². The van der Waals surface area contributed by atoms with Gasteiger partial charge in [0.25, 0.3) is 0 Å². The number of ether oxygens (including phenoxy) is 1. The van der Waals surface area contributed by atoms with Crippen LogP contribution in [0.25, 0.3) is 0 Å². The Morgan fingerprint density at radius 3 is 2.58 bits per heavy atom. The SMILES string of the molecule is Cc1cccc(OCCN(C)[C@H](C)c2nc(N)nc(N(C)C)n2)c1. The van der Waals surface area contributed by atoms with Crippen LogP contribution in [0.1, 0.15) is 24.4 Å². The molecular weight excluding hydrogens is 304 g/mol. The molecule has 0 aliphatic rings. The molecule has 1 aromatic heterocycles. The average Bonchev–Trinajstić information content (AvgIpc) is 2.53. The van der Waals surface area contributed by atoms with Gasteiger partial charge in [0.05, 0.1) is 6.04 Å². The summed E-state index contributed by atoms with van der Waals surface area (Å²) in [5.41, 5.74) is 6.98. The van der Waals surface area contributed by atoms with Gasteiger partial charge in [-0.3, -0.25) is 4.90 Å². The first-order chi connectivity index (χ1) is 11.4. The number of nitrogens with zero attached hydrogens (tertiary/aromatic N) is 5. The van der Waals surface area contributed by atoms with Gasteiger partial charge in [-0.1, -0.05) is 12.1 Å². The highest BCUT2D eigenvalue weighted by Crippen LogP contribution is 2.18. The predicted octanol–water partition coefficient (Wildman–Crippen LogP) is 1.90. The molecule has 1 atom stereocenters. The molecule has 1 heterocycles. The molecule has 7 heteroatoms. The van der Waals surface area contributed by atoms with Crippen LogP contribution in [-0.2, 0) is 0 Å². The van der Waals surface area contributed by atoms with Crippen LogP contribution in [0.4, 0.5) is 11.9 Å². The third kappa shape index (κ3) is 4.79. The number of benzene rings is 1. The van der Waals surface area contributed by atoms with Crippen LogP contribution in [-0.4, -0.2) is 54.1 Å². The highest BCUT2D eigenvalue weighted by molar-refractivity contribution is 5.33. The van der Waals surface area contributed by atoms with Gasteiger partial charge in [-0.15, -0.1) is 0 Å². The van der Waals surface area contributed by atoms with E-state index in [-0.39, 0.29) is 12.0 Å². The zero-order valence-electron chi connectivity index (χ0n) is 15.0. The van der Waals surface area contributed by atoms with Crippen molar-refractivity contribution in [3.05, 3.63) is 35.7 Å². The van der Waals surface area contributed by atoms with Gasteiger partial charge in [0.1, 0.15) is 12.4 Å². The summed E-state index contributed by atoms with van der Waals surface area (Å²) in [6.45, 7) is 5.43. The minimum Gasteiger partial charge on any atom is -0.492 e. The first kappa shape index (κ1) is 17.9. The van der Waals surface area contributed by atoms with Crippen molar-refractivity contribution in [3.63, 3.8) is 0 Å². The first-order valence-corrected chi connectivity index (χ1v) is 7.95. The van der Waals surface area contributed by atoms with Gasteiger partial charge in [0.15, 0.2) is 5.82 Å². The molecular formula is C17H26N6O. The van der Waals surface area contributed by atoms with Crippen molar-refractivity contribution in [3.8, 4) is 5.75 Å². The molecule has 0 saturated heterocycles. The van der Waals surface area contributed by atoms with E-state index in [0.717, 1.165) is 12.3 Å². The second-order valence-corrected chi connectivity index (χ2v) is 6.07. The van der Waals surface area contributed by atoms with Gasteiger partial charge in [-0.05, 0) is 38.6 Å². The molecule has 0 aliphatic carbocycles. The third-order valence-corrected chi connectivity index (χ3v) is 3.80. The van der Waals surface area contributed by atoms with Crippen LogP contribution in [0.5, 0.6) is 5.75 Å². The van der Waals surface area contributed by atoms with E-state index >= 15 is 0 Å². The maximum atomic E-state index is 5.80. The van der Waals surface area contributed by atoms with E-state index in [2.05, 4.69) is 32.8 Å². The molecule has 1 aromatic carbocycles. The molecule has 0 fully saturated rings. The minimum atomic E-state index is 0.00936. The van der Waals surface area contributed by atoms with Crippen molar-refractivity contribution in [2.24, 2.45) is 0 Å². The second kappa shape index (κ2) is 7.92. The summed E-state index contributed by atoms with van der Waals surface area (Å²) in [6, 6.07) is 8.04. The van der Waals surface area contributed by atoms with E-state index in [1.165, 1.54) is 5.56 Å². The molecule has 0 saturated carbocycles. The molecule has 2 rings (SSSR count). The summed E-state index contributed by atoms with van der Waals surface area (Å²) in [4.78, 5) is 16.8. The van der Waals surface area contributed by atoms with Crippen molar-refractivity contribution >= 4 is 11.9 Å². The highest BCUT2D eigenvalue weighted by Gasteiger charge is 2.17. The Hall–Kier alpha value is -2.41. The van der Waals surface area contributed by atoms with E-state index in [4.69, 9.17) is 10.5 Å². The summed E-state index contributed by atoms with van der Waals surface area (Å²) in [7, 11) is 5.77. The number of nitrogens with two attached hydrogens (primary N) is 1. The van der Waals surface area contributed by atoms with Crippen LogP contribution < -0.4 is 15.4 Å². The Morgan fingerprint density at radius 1 is 1.17 bits per heavy atom. The fraction of sp³-hybridized carbons (Fsp3) is 0.471. The number of rotatable bonds is 7. The van der Waals surface area contributed by atoms with Crippen LogP contribution >= 0.6 is 0 Å². The highest BCUT2D eigenvalue weighted by atomic mass is 16.5. The van der Waals surface area contributed by atoms with Crippen molar-refractivity contribution in [2.75, 3.05) is 44.9 Å². The maximum Gasteiger partial charge on any atom is 0.229 e. The zero-order valence-corrected chi connectivity index (χ0v) is 15.0. The molecule has 0 amide bonds. The molecule has 0 unspecified atom stereocenters. The van der Waals surface area contributed by atoms with Crippen molar-refractivity contribution < 1.29 is 4.74 Å². The van der Waals surface area contributed by atoms with Crippen LogP contribution in [0.15, 0.2) is 24.3 Å². The van der Waals surface area contributed by atoms with E-state index in [0.29, 0.717) is 18.4 Å². The lowest BCUT2D eigenvalue weighted by Crippen LogP contribution is -2.29. The van der Waals surface area contributed by atoms with Gasteiger partial charge < -0.3 is 15.4 Å². The van der Waals surface area contributed by atoms with Crippen molar-refractivity contribution in [2.45, 2.75) is 19.9 Å². The maximum absolute atomic E-state index is 5.80. The summed E-state index contributed by atoms with van der Waals surface area (Å²) >= 11 is 0. The number of hydrogen-bond acceptors (Lipinski definition) is 7. The fourth-order valence-electron chi connectivity index (χ4n) is 2.19. The van der Waals surface area contributed by atoms with Gasteiger partial charge in [0, 0.05) is 20.6 Å². The lowest BCUT2D eigenvalue weighted by atomic mass is 10.2. The van der Waals surface area contributed by atoms with Crippen molar-refractivity contribution in [1.82, 2.24) is 19.9 Å². The Kier molecular flexibility index (Phi) is 5.92. The number of anilines is 2. The summed E-state index contributed by atoms with van der Waals surface area (Å²) in [6.07, 6.45) is 0. The molecule has 0 radical (unpaired) electrons. The quantitative estimate of drug-likeness (QED) is 0.830. The van der Waals surface area contributed by atoms with Gasteiger partial charge in [0.2, 0.25) is 11.9 Å². The largest absolute Gasteiger partial charge is 0.492 e. The molecule has 0 bridgehead atoms. The first-order valence-electron chi connectivity index (χ1n) is 7.95. The normalized spacial score (nSPS) is 12.2. The van der Waals surface area contributed by atoms with Crippen LogP contribution in [0.3, 0.4) is 0 Å². The third-order valence-electron chi connectivity index (χ3n) is 3.80. The lowest BCUT2D eigenvalue weighted by Gasteiger charge is -2.24. The second-order valence-electron chi connectivity index (χ2n) is 6.07. The molecule has 24 heavy (non-hydrogen) atoms. The summed E-state index contributed by atoms with van der Waals surface area (Å²) in [5, 5.41) is 0. The molecule has 0 spiro atoms. The topological polar surface area (TPSA) is 80.4 Å². The molecule has 0 aliphatic heterocycles. The lowest BCUT2D eigenvalue weighted by molar-refractivity contribution is 0.196. The minimum absolute atomic E-state index is 0.00936. The smallest absolute Gasteiger partial charge is 0.229 e.